The number of benzene rings is 3. The van der Waals surface area contributed by atoms with Gasteiger partial charge in [0.2, 0.25) is 6.79 Å². The number of nitrogens with zero attached hydrogens (tertiary/aromatic N) is 1. The minimum atomic E-state index is -3.84. The third-order valence-corrected chi connectivity index (χ3v) is 8.17. The zero-order valence-electron chi connectivity index (χ0n) is 18.9. The van der Waals surface area contributed by atoms with Crippen LogP contribution in [0, 0.1) is 6.92 Å². The maximum absolute atomic E-state index is 13.4. The summed E-state index contributed by atoms with van der Waals surface area (Å²) in [6.45, 7) is 2.03. The summed E-state index contributed by atoms with van der Waals surface area (Å²) in [5.74, 6) is 0.428. The summed E-state index contributed by atoms with van der Waals surface area (Å²) in [6.07, 6.45) is 0.831. The van der Waals surface area contributed by atoms with E-state index in [1.54, 1.807) is 54.6 Å². The highest BCUT2D eigenvalue weighted by Crippen LogP contribution is 2.51. The molecular weight excluding hydrogens is 470 g/mol. The van der Waals surface area contributed by atoms with Gasteiger partial charge in [-0.3, -0.25) is 4.79 Å². The summed E-state index contributed by atoms with van der Waals surface area (Å²) in [6, 6.07) is 17.2. The minimum Gasteiger partial charge on any atom is -0.484 e. The number of aryl methyl sites for hydroxylation is 1. The van der Waals surface area contributed by atoms with E-state index in [1.807, 2.05) is 13.0 Å². The highest BCUT2D eigenvalue weighted by atomic mass is 32.2. The summed E-state index contributed by atoms with van der Waals surface area (Å²) in [5, 5.41) is 0.608. The number of hydrogen-bond donors (Lipinski definition) is 0. The van der Waals surface area contributed by atoms with Crippen LogP contribution in [0.1, 0.15) is 28.7 Å². The smallest absolute Gasteiger partial charge is 0.317 e. The van der Waals surface area contributed by atoms with Crippen LogP contribution < -0.4 is 14.2 Å². The van der Waals surface area contributed by atoms with E-state index >= 15 is 0 Å². The zero-order valence-corrected chi connectivity index (χ0v) is 19.7. The van der Waals surface area contributed by atoms with Crippen molar-refractivity contribution in [3.05, 3.63) is 83.6 Å². The van der Waals surface area contributed by atoms with Crippen LogP contribution in [0.25, 0.3) is 10.9 Å². The Morgan fingerprint density at radius 2 is 1.71 bits per heavy atom. The highest BCUT2D eigenvalue weighted by Gasteiger charge is 2.43. The molecule has 0 spiro atoms. The Balaban J connectivity index is 1.48. The quantitative estimate of drug-likeness (QED) is 0.393. The molecule has 9 heteroatoms. The van der Waals surface area contributed by atoms with E-state index in [-0.39, 0.29) is 11.7 Å². The van der Waals surface area contributed by atoms with E-state index in [0.29, 0.717) is 33.7 Å². The fourth-order valence-electron chi connectivity index (χ4n) is 4.73. The molecule has 2 unspecified atom stereocenters. The number of carbonyl (C=O) groups is 1. The van der Waals surface area contributed by atoms with Gasteiger partial charge in [0.15, 0.2) is 11.5 Å². The van der Waals surface area contributed by atoms with Crippen molar-refractivity contribution in [1.29, 1.82) is 0 Å². The number of hydrogen-bond acceptors (Lipinski definition) is 7. The maximum Gasteiger partial charge on any atom is 0.317 e. The normalized spacial score (nSPS) is 18.3. The fraction of sp³-hybridized carbons (Fsp3) is 0.192. The Labute approximate surface area is 201 Å². The Kier molecular flexibility index (Phi) is 4.79. The van der Waals surface area contributed by atoms with Crippen LogP contribution in [-0.4, -0.2) is 32.3 Å². The first kappa shape index (κ1) is 21.5. The van der Waals surface area contributed by atoms with Crippen molar-refractivity contribution in [2.75, 3.05) is 13.9 Å². The van der Waals surface area contributed by atoms with Crippen LogP contribution >= 0.6 is 0 Å². The molecule has 0 fully saturated rings. The molecule has 0 amide bonds. The first-order valence-corrected chi connectivity index (χ1v) is 12.4. The summed E-state index contributed by atoms with van der Waals surface area (Å²) in [4.78, 5) is 13.2. The average Bonchev–Trinajstić information content (AvgIpc) is 3.59. The van der Waals surface area contributed by atoms with Gasteiger partial charge in [0.05, 0.1) is 17.5 Å². The number of carbonyl (C=O) groups excluding carboxylic acids is 1. The molecule has 0 saturated carbocycles. The number of ether oxygens (including phenoxy) is 4. The molecule has 35 heavy (non-hydrogen) atoms. The van der Waals surface area contributed by atoms with E-state index in [0.717, 1.165) is 11.1 Å². The molecule has 0 aliphatic carbocycles. The van der Waals surface area contributed by atoms with E-state index in [4.69, 9.17) is 18.9 Å². The lowest BCUT2D eigenvalue weighted by atomic mass is 9.89. The van der Waals surface area contributed by atoms with Gasteiger partial charge < -0.3 is 18.9 Å². The van der Waals surface area contributed by atoms with Crippen molar-refractivity contribution in [3.8, 4) is 17.2 Å². The van der Waals surface area contributed by atoms with Crippen LogP contribution in [0.5, 0.6) is 17.2 Å². The van der Waals surface area contributed by atoms with Crippen molar-refractivity contribution < 1.29 is 32.2 Å². The number of esters is 1. The second-order valence-corrected chi connectivity index (χ2v) is 10.3. The second kappa shape index (κ2) is 7.78. The van der Waals surface area contributed by atoms with Crippen molar-refractivity contribution >= 4 is 26.9 Å². The zero-order chi connectivity index (χ0) is 24.3. The van der Waals surface area contributed by atoms with Gasteiger partial charge in [-0.15, -0.1) is 0 Å². The Morgan fingerprint density at radius 3 is 2.49 bits per heavy atom. The van der Waals surface area contributed by atoms with Crippen LogP contribution in [0.4, 0.5) is 0 Å². The van der Waals surface area contributed by atoms with Gasteiger partial charge in [-0.2, -0.15) is 0 Å². The second-order valence-electron chi connectivity index (χ2n) is 8.49. The van der Waals surface area contributed by atoms with Crippen LogP contribution in [0.15, 0.2) is 71.8 Å². The van der Waals surface area contributed by atoms with E-state index in [2.05, 4.69) is 0 Å². The third kappa shape index (κ3) is 3.26. The van der Waals surface area contributed by atoms with Gasteiger partial charge in [-0.25, -0.2) is 12.4 Å². The molecular formula is C26H21NO7S. The molecule has 2 aliphatic heterocycles. The van der Waals surface area contributed by atoms with E-state index < -0.39 is 28.0 Å². The average molecular weight is 492 g/mol. The number of aromatic nitrogens is 1. The molecule has 8 nitrogen and oxygen atoms in total. The van der Waals surface area contributed by atoms with Gasteiger partial charge in [0, 0.05) is 17.1 Å². The van der Waals surface area contributed by atoms with Gasteiger partial charge in [0.1, 0.15) is 17.8 Å². The summed E-state index contributed by atoms with van der Waals surface area (Å²) in [7, 11) is -2.52. The number of fused-ring (bicyclic) bond motifs is 4. The largest absolute Gasteiger partial charge is 0.484 e. The van der Waals surface area contributed by atoms with Gasteiger partial charge in [-0.1, -0.05) is 23.8 Å². The first-order chi connectivity index (χ1) is 16.9. The maximum atomic E-state index is 13.4. The monoisotopic (exact) mass is 491 g/mol. The topological polar surface area (TPSA) is 93.1 Å². The molecule has 6 rings (SSSR count). The third-order valence-electron chi connectivity index (χ3n) is 6.46. The molecule has 1 aromatic heterocycles. The standard InChI is InChI=1S/C26H21NO7S/c1-15-3-6-17(7-4-15)35(29,30)27-12-11-18-19(27)8-10-21-23(18)24(26(28)31-2)25(34-21)16-5-9-20-22(13-16)33-14-32-20/h3-13,24-25H,14H2,1-2H3. The molecule has 178 valence electrons. The van der Waals surface area contributed by atoms with Crippen molar-refractivity contribution in [2.24, 2.45) is 0 Å². The number of rotatable bonds is 4. The molecule has 4 aromatic rings. The van der Waals surface area contributed by atoms with Crippen molar-refractivity contribution in [1.82, 2.24) is 3.97 Å². The van der Waals surface area contributed by atoms with Crippen LogP contribution in [0.3, 0.4) is 0 Å². The van der Waals surface area contributed by atoms with Crippen molar-refractivity contribution in [2.45, 2.75) is 23.8 Å². The van der Waals surface area contributed by atoms with E-state index in [1.165, 1.54) is 17.3 Å². The highest BCUT2D eigenvalue weighted by molar-refractivity contribution is 7.90. The lowest BCUT2D eigenvalue weighted by Gasteiger charge is -2.18. The summed E-state index contributed by atoms with van der Waals surface area (Å²) < 4.78 is 50.3. The molecule has 3 heterocycles. The predicted octanol–water partition coefficient (Wildman–Crippen LogP) is 4.31. The van der Waals surface area contributed by atoms with Crippen molar-refractivity contribution in [3.63, 3.8) is 0 Å². The summed E-state index contributed by atoms with van der Waals surface area (Å²) >= 11 is 0. The SMILES string of the molecule is COC(=O)C1c2c(ccc3c2ccn3S(=O)(=O)c2ccc(C)cc2)OC1c1ccc2c(c1)OCO2. The van der Waals surface area contributed by atoms with E-state index in [9.17, 15) is 13.2 Å². The Bertz CT molecular complexity index is 1590. The fourth-order valence-corrected chi connectivity index (χ4v) is 6.07. The molecule has 2 atom stereocenters. The Morgan fingerprint density at radius 1 is 0.971 bits per heavy atom. The molecule has 2 aliphatic rings. The van der Waals surface area contributed by atoms with Gasteiger partial charge in [0.25, 0.3) is 10.0 Å². The van der Waals surface area contributed by atoms with Crippen LogP contribution in [0.2, 0.25) is 0 Å². The number of methoxy groups -OCH3 is 1. The molecule has 0 radical (unpaired) electrons. The molecule has 0 bridgehead atoms. The lowest BCUT2D eigenvalue weighted by molar-refractivity contribution is -0.144. The Hall–Kier alpha value is -3.98. The van der Waals surface area contributed by atoms with Gasteiger partial charge >= 0.3 is 5.97 Å². The molecule has 0 N–H and O–H groups in total. The predicted molar refractivity (Wildman–Crippen MR) is 126 cm³/mol. The summed E-state index contributed by atoms with van der Waals surface area (Å²) in [5.41, 5.74) is 2.73. The van der Waals surface area contributed by atoms with Crippen LogP contribution in [-0.2, 0) is 19.6 Å². The minimum absolute atomic E-state index is 0.133. The molecule has 3 aromatic carbocycles. The lowest BCUT2D eigenvalue weighted by Crippen LogP contribution is -2.20. The van der Waals surface area contributed by atoms with Gasteiger partial charge in [-0.05, 0) is 55.0 Å². The first-order valence-electron chi connectivity index (χ1n) is 11.0. The molecule has 0 saturated heterocycles.